The molecule has 5 N–H and O–H groups in total. The van der Waals surface area contributed by atoms with Crippen molar-refractivity contribution in [1.29, 1.82) is 0 Å². The third-order valence-corrected chi connectivity index (χ3v) is 6.21. The van der Waals surface area contributed by atoms with Crippen LogP contribution in [0, 0.1) is 13.8 Å². The number of fused-ring (bicyclic) bond motifs is 1. The number of hydrogen-bond donors (Lipinski definition) is 4. The van der Waals surface area contributed by atoms with E-state index in [1.807, 2.05) is 44.2 Å². The minimum Gasteiger partial charge on any atom is -0.508 e. The van der Waals surface area contributed by atoms with Gasteiger partial charge in [0, 0.05) is 22.8 Å². The lowest BCUT2D eigenvalue weighted by Gasteiger charge is -2.29. The Labute approximate surface area is 198 Å². The maximum atomic E-state index is 13.0. The third kappa shape index (κ3) is 5.41. The summed E-state index contributed by atoms with van der Waals surface area (Å²) >= 11 is 5.95. The predicted octanol–water partition coefficient (Wildman–Crippen LogP) is 5.00. The van der Waals surface area contributed by atoms with Crippen molar-refractivity contribution in [3.63, 3.8) is 0 Å². The fourth-order valence-electron chi connectivity index (χ4n) is 4.23. The van der Waals surface area contributed by atoms with Gasteiger partial charge >= 0.3 is 0 Å². The van der Waals surface area contributed by atoms with Crippen LogP contribution in [-0.2, 0) is 11.2 Å². The molecule has 4 rings (SSSR count). The van der Waals surface area contributed by atoms with E-state index in [-0.39, 0.29) is 17.7 Å². The van der Waals surface area contributed by atoms with Crippen molar-refractivity contribution in [2.75, 3.05) is 11.9 Å². The second-order valence-corrected chi connectivity index (χ2v) is 8.89. The number of aryl methyl sites for hydroxylation is 2. The summed E-state index contributed by atoms with van der Waals surface area (Å²) in [6.07, 6.45) is 1.15. The molecule has 1 aliphatic heterocycles. The van der Waals surface area contributed by atoms with Gasteiger partial charge in [-0.2, -0.15) is 0 Å². The molecule has 2 atom stereocenters. The van der Waals surface area contributed by atoms with Gasteiger partial charge in [0.25, 0.3) is 0 Å². The van der Waals surface area contributed by atoms with Gasteiger partial charge in [-0.15, -0.1) is 0 Å². The molecule has 33 heavy (non-hydrogen) atoms. The molecule has 172 valence electrons. The molecule has 6 nitrogen and oxygen atoms in total. The first-order valence-electron chi connectivity index (χ1n) is 11.0. The second-order valence-electron chi connectivity index (χ2n) is 8.45. The number of nitrogens with two attached hydrogens (primary N) is 1. The minimum absolute atomic E-state index is 0.171. The Kier molecular flexibility index (Phi) is 6.77. The van der Waals surface area contributed by atoms with Gasteiger partial charge < -0.3 is 26.2 Å². The molecule has 0 radical (unpaired) electrons. The lowest BCUT2D eigenvalue weighted by molar-refractivity contribution is -0.123. The van der Waals surface area contributed by atoms with Crippen LogP contribution < -0.4 is 21.1 Å². The van der Waals surface area contributed by atoms with Crippen molar-refractivity contribution < 1.29 is 14.6 Å². The molecule has 3 aromatic rings. The van der Waals surface area contributed by atoms with Gasteiger partial charge in [-0.25, -0.2) is 0 Å². The summed E-state index contributed by atoms with van der Waals surface area (Å²) in [5, 5.41) is 16.9. The van der Waals surface area contributed by atoms with Gasteiger partial charge in [0.2, 0.25) is 5.91 Å². The van der Waals surface area contributed by atoms with E-state index >= 15 is 0 Å². The van der Waals surface area contributed by atoms with E-state index in [2.05, 4.69) is 10.6 Å². The molecule has 0 spiro atoms. The summed E-state index contributed by atoms with van der Waals surface area (Å²) in [6.45, 7) is 4.58. The van der Waals surface area contributed by atoms with Crippen LogP contribution >= 0.6 is 11.6 Å². The van der Waals surface area contributed by atoms with Crippen molar-refractivity contribution in [1.82, 2.24) is 5.32 Å². The van der Waals surface area contributed by atoms with Crippen LogP contribution in [0.25, 0.3) is 0 Å². The molecule has 0 aromatic heterocycles. The topological polar surface area (TPSA) is 96.6 Å². The van der Waals surface area contributed by atoms with E-state index in [0.29, 0.717) is 22.9 Å². The zero-order chi connectivity index (χ0) is 23.5. The Morgan fingerprint density at radius 1 is 1.15 bits per heavy atom. The van der Waals surface area contributed by atoms with Crippen LogP contribution in [0.15, 0.2) is 54.6 Å². The first kappa shape index (κ1) is 23.0. The van der Waals surface area contributed by atoms with Crippen molar-refractivity contribution >= 4 is 23.2 Å². The first-order valence-corrected chi connectivity index (χ1v) is 11.3. The highest BCUT2D eigenvalue weighted by molar-refractivity contribution is 6.30. The summed E-state index contributed by atoms with van der Waals surface area (Å²) in [6, 6.07) is 15.5. The summed E-state index contributed by atoms with van der Waals surface area (Å²) in [5.41, 5.74) is 11.0. The number of phenols is 1. The lowest BCUT2D eigenvalue weighted by atomic mass is 9.94. The molecule has 7 heteroatoms. The largest absolute Gasteiger partial charge is 0.508 e. The summed E-state index contributed by atoms with van der Waals surface area (Å²) in [7, 11) is 0. The highest BCUT2D eigenvalue weighted by Gasteiger charge is 2.25. The molecule has 0 bridgehead atoms. The highest BCUT2D eigenvalue weighted by atomic mass is 35.5. The number of hydrogen-bond acceptors (Lipinski definition) is 5. The molecule has 1 heterocycles. The van der Waals surface area contributed by atoms with E-state index < -0.39 is 6.04 Å². The van der Waals surface area contributed by atoms with Gasteiger partial charge in [0.05, 0.1) is 12.1 Å². The second kappa shape index (κ2) is 9.73. The quantitative estimate of drug-likeness (QED) is 0.411. The van der Waals surface area contributed by atoms with Crippen molar-refractivity contribution in [3.8, 4) is 17.2 Å². The Balaban J connectivity index is 1.48. The Bertz CT molecular complexity index is 1140. The van der Waals surface area contributed by atoms with Gasteiger partial charge in [0.15, 0.2) is 0 Å². The van der Waals surface area contributed by atoms with Crippen molar-refractivity contribution in [2.45, 2.75) is 38.8 Å². The van der Waals surface area contributed by atoms with Crippen LogP contribution in [-0.4, -0.2) is 23.6 Å². The zero-order valence-corrected chi connectivity index (χ0v) is 19.4. The molecule has 0 unspecified atom stereocenters. The van der Waals surface area contributed by atoms with Gasteiger partial charge in [-0.3, -0.25) is 4.79 Å². The molecule has 1 amide bonds. The Morgan fingerprint density at radius 3 is 2.52 bits per heavy atom. The van der Waals surface area contributed by atoms with Gasteiger partial charge in [0.1, 0.15) is 17.2 Å². The summed E-state index contributed by atoms with van der Waals surface area (Å²) in [4.78, 5) is 13.0. The van der Waals surface area contributed by atoms with Crippen molar-refractivity contribution in [2.24, 2.45) is 5.73 Å². The maximum Gasteiger partial charge on any atom is 0.237 e. The fraction of sp³-hybridized carbons (Fsp3) is 0.269. The van der Waals surface area contributed by atoms with Gasteiger partial charge in [-0.1, -0.05) is 11.6 Å². The molecule has 0 aliphatic carbocycles. The number of aromatic hydroxyl groups is 1. The average molecular weight is 466 g/mol. The van der Waals surface area contributed by atoms with E-state index in [1.165, 1.54) is 0 Å². The molecular weight excluding hydrogens is 438 g/mol. The van der Waals surface area contributed by atoms with Crippen LogP contribution in [0.3, 0.4) is 0 Å². The molecule has 0 saturated carbocycles. The Morgan fingerprint density at radius 2 is 1.82 bits per heavy atom. The van der Waals surface area contributed by atoms with E-state index in [4.69, 9.17) is 22.1 Å². The van der Waals surface area contributed by atoms with Crippen LogP contribution in [0.1, 0.15) is 34.7 Å². The monoisotopic (exact) mass is 465 g/mol. The predicted molar refractivity (Wildman–Crippen MR) is 131 cm³/mol. The number of carbonyl (C=O) groups is 1. The third-order valence-electron chi connectivity index (χ3n) is 5.95. The zero-order valence-electron chi connectivity index (χ0n) is 18.7. The van der Waals surface area contributed by atoms with Crippen LogP contribution in [0.4, 0.5) is 5.69 Å². The van der Waals surface area contributed by atoms with Crippen molar-refractivity contribution in [3.05, 3.63) is 81.9 Å². The standard InChI is InChI=1S/C26H28ClN3O3/c1-15-11-18(31)12-16(2)21(15)14-23(28)26(32)30-25-9-10-29-24-8-7-20(13-22(24)25)33-19-5-3-17(27)4-6-19/h3-8,11-13,23,25,29,31H,9-10,14,28H2,1-2H3,(H,30,32)/t23-,25+/m0/s1. The summed E-state index contributed by atoms with van der Waals surface area (Å²) < 4.78 is 5.97. The first-order chi connectivity index (χ1) is 15.8. The fourth-order valence-corrected chi connectivity index (χ4v) is 4.36. The number of rotatable bonds is 6. The molecule has 1 aliphatic rings. The average Bonchev–Trinajstić information content (AvgIpc) is 2.78. The normalized spacial score (nSPS) is 15.8. The Hall–Kier alpha value is -3.22. The number of amides is 1. The molecule has 0 saturated heterocycles. The van der Waals surface area contributed by atoms with E-state index in [0.717, 1.165) is 40.9 Å². The number of anilines is 1. The molecule has 3 aromatic carbocycles. The number of ether oxygens (including phenoxy) is 1. The maximum absolute atomic E-state index is 13.0. The summed E-state index contributed by atoms with van der Waals surface area (Å²) in [5.74, 6) is 1.38. The number of carbonyl (C=O) groups excluding carboxylic acids is 1. The van der Waals surface area contributed by atoms with E-state index in [1.54, 1.807) is 24.3 Å². The number of benzene rings is 3. The molecular formula is C26H28ClN3O3. The van der Waals surface area contributed by atoms with Gasteiger partial charge in [-0.05, 0) is 98.0 Å². The number of nitrogens with one attached hydrogen (secondary N) is 2. The van der Waals surface area contributed by atoms with Crippen LogP contribution in [0.2, 0.25) is 5.02 Å². The number of phenolic OH excluding ortho intramolecular Hbond substituents is 1. The number of halogens is 1. The SMILES string of the molecule is Cc1cc(O)cc(C)c1C[C@H](N)C(=O)N[C@@H]1CCNc2ccc(Oc3ccc(Cl)cc3)cc21. The molecule has 0 fully saturated rings. The lowest BCUT2D eigenvalue weighted by Crippen LogP contribution is -2.44. The highest BCUT2D eigenvalue weighted by Crippen LogP contribution is 2.34. The van der Waals surface area contributed by atoms with Crippen LogP contribution in [0.5, 0.6) is 17.2 Å². The smallest absolute Gasteiger partial charge is 0.237 e. The van der Waals surface area contributed by atoms with E-state index in [9.17, 15) is 9.90 Å². The minimum atomic E-state index is -0.696.